The van der Waals surface area contributed by atoms with E-state index >= 15 is 0 Å². The van der Waals surface area contributed by atoms with Gasteiger partial charge in [0.15, 0.2) is 0 Å². The van der Waals surface area contributed by atoms with Crippen molar-refractivity contribution in [3.8, 4) is 0 Å². The molecule has 1 aromatic carbocycles. The lowest BCUT2D eigenvalue weighted by atomic mass is 9.89. The molecule has 1 aliphatic carbocycles. The highest BCUT2D eigenvalue weighted by atomic mass is 35.5. The molecular formula is C10H12Cl2N2O2S. The van der Waals surface area contributed by atoms with Crippen molar-refractivity contribution in [1.82, 2.24) is 4.72 Å². The SMILES string of the molecule is NC1CC(NS(=O)(=O)c2ccc(Cl)c(Cl)c2)C1. The highest BCUT2D eigenvalue weighted by molar-refractivity contribution is 7.89. The molecule has 17 heavy (non-hydrogen) atoms. The molecule has 0 bridgehead atoms. The van der Waals surface area contributed by atoms with E-state index in [9.17, 15) is 8.42 Å². The molecule has 0 spiro atoms. The molecule has 2 rings (SSSR count). The standard InChI is InChI=1S/C10H12Cl2N2O2S/c11-9-2-1-8(5-10(9)12)17(15,16)14-7-3-6(13)4-7/h1-2,5-7,14H,3-4,13H2. The van der Waals surface area contributed by atoms with Gasteiger partial charge in [-0.2, -0.15) is 0 Å². The fourth-order valence-corrected chi connectivity index (χ4v) is 3.34. The van der Waals surface area contributed by atoms with Gasteiger partial charge in [0, 0.05) is 12.1 Å². The summed E-state index contributed by atoms with van der Waals surface area (Å²) < 4.78 is 26.5. The Bertz CT molecular complexity index is 527. The van der Waals surface area contributed by atoms with Crippen molar-refractivity contribution < 1.29 is 8.42 Å². The van der Waals surface area contributed by atoms with Crippen LogP contribution in [0.5, 0.6) is 0 Å². The topological polar surface area (TPSA) is 72.2 Å². The maximum absolute atomic E-state index is 12.0. The molecule has 1 fully saturated rings. The first kappa shape index (κ1) is 13.1. The quantitative estimate of drug-likeness (QED) is 0.892. The fraction of sp³-hybridized carbons (Fsp3) is 0.400. The molecule has 0 amide bonds. The minimum absolute atomic E-state index is 0.0792. The molecule has 0 aliphatic heterocycles. The van der Waals surface area contributed by atoms with Crippen molar-refractivity contribution in [1.29, 1.82) is 0 Å². The first-order valence-corrected chi connectivity index (χ1v) is 7.35. The molecule has 1 saturated carbocycles. The van der Waals surface area contributed by atoms with Crippen molar-refractivity contribution >= 4 is 33.2 Å². The molecular weight excluding hydrogens is 283 g/mol. The maximum Gasteiger partial charge on any atom is 0.240 e. The van der Waals surface area contributed by atoms with Crippen LogP contribution in [0.3, 0.4) is 0 Å². The Morgan fingerprint density at radius 2 is 1.88 bits per heavy atom. The normalized spacial score (nSPS) is 24.4. The number of nitrogens with two attached hydrogens (primary N) is 1. The smallest absolute Gasteiger partial charge is 0.240 e. The third kappa shape index (κ3) is 2.92. The van der Waals surface area contributed by atoms with Gasteiger partial charge in [0.1, 0.15) is 0 Å². The lowest BCUT2D eigenvalue weighted by Crippen LogP contribution is -2.50. The summed E-state index contributed by atoms with van der Waals surface area (Å²) in [4.78, 5) is 0.118. The zero-order valence-corrected chi connectivity index (χ0v) is 11.2. The maximum atomic E-state index is 12.0. The molecule has 0 atom stereocenters. The third-order valence-corrected chi connectivity index (χ3v) is 4.95. The molecule has 1 aromatic rings. The van der Waals surface area contributed by atoms with Crippen LogP contribution < -0.4 is 10.5 Å². The van der Waals surface area contributed by atoms with Gasteiger partial charge in [-0.1, -0.05) is 23.2 Å². The number of nitrogens with one attached hydrogen (secondary N) is 1. The monoisotopic (exact) mass is 294 g/mol. The number of hydrogen-bond donors (Lipinski definition) is 2. The summed E-state index contributed by atoms with van der Waals surface area (Å²) in [7, 11) is -3.53. The van der Waals surface area contributed by atoms with E-state index in [2.05, 4.69) is 4.72 Å². The van der Waals surface area contributed by atoms with Crippen molar-refractivity contribution in [3.05, 3.63) is 28.2 Å². The Labute approximate surface area is 110 Å². The minimum atomic E-state index is -3.53. The van der Waals surface area contributed by atoms with Crippen LogP contribution in [0.2, 0.25) is 10.0 Å². The zero-order valence-electron chi connectivity index (χ0n) is 8.86. The molecule has 0 saturated heterocycles. The van der Waals surface area contributed by atoms with E-state index in [1.165, 1.54) is 18.2 Å². The van der Waals surface area contributed by atoms with E-state index in [0.717, 1.165) is 0 Å². The van der Waals surface area contributed by atoms with E-state index in [1.807, 2.05) is 0 Å². The molecule has 0 aromatic heterocycles. The highest BCUT2D eigenvalue weighted by Crippen LogP contribution is 2.26. The zero-order chi connectivity index (χ0) is 12.6. The van der Waals surface area contributed by atoms with E-state index in [1.54, 1.807) is 0 Å². The van der Waals surface area contributed by atoms with Gasteiger partial charge in [0.05, 0.1) is 14.9 Å². The Kier molecular flexibility index (Phi) is 3.66. The minimum Gasteiger partial charge on any atom is -0.328 e. The number of halogens is 2. The fourth-order valence-electron chi connectivity index (χ4n) is 1.69. The molecule has 1 aliphatic rings. The van der Waals surface area contributed by atoms with Crippen LogP contribution in [-0.4, -0.2) is 20.5 Å². The summed E-state index contributed by atoms with van der Waals surface area (Å²) in [6.45, 7) is 0. The summed E-state index contributed by atoms with van der Waals surface area (Å²) >= 11 is 11.5. The largest absolute Gasteiger partial charge is 0.328 e. The second kappa shape index (κ2) is 4.74. The average molecular weight is 295 g/mol. The first-order valence-electron chi connectivity index (χ1n) is 5.11. The lowest BCUT2D eigenvalue weighted by Gasteiger charge is -2.32. The summed E-state index contributed by atoms with van der Waals surface area (Å²) in [5.74, 6) is 0. The van der Waals surface area contributed by atoms with Crippen molar-refractivity contribution in [3.63, 3.8) is 0 Å². The summed E-state index contributed by atoms with van der Waals surface area (Å²) in [6.07, 6.45) is 1.33. The van der Waals surface area contributed by atoms with E-state index < -0.39 is 10.0 Å². The van der Waals surface area contributed by atoms with Crippen LogP contribution in [0.15, 0.2) is 23.1 Å². The van der Waals surface area contributed by atoms with Gasteiger partial charge >= 0.3 is 0 Å². The summed E-state index contributed by atoms with van der Waals surface area (Å²) in [6, 6.07) is 4.24. The van der Waals surface area contributed by atoms with Crippen LogP contribution in [0.25, 0.3) is 0 Å². The van der Waals surface area contributed by atoms with E-state index in [-0.39, 0.29) is 22.0 Å². The molecule has 94 valence electrons. The van der Waals surface area contributed by atoms with Crippen LogP contribution in [0.4, 0.5) is 0 Å². The van der Waals surface area contributed by atoms with Gasteiger partial charge in [0.2, 0.25) is 10.0 Å². The second-order valence-corrected chi connectivity index (χ2v) is 6.65. The van der Waals surface area contributed by atoms with Gasteiger partial charge in [-0.3, -0.25) is 0 Å². The van der Waals surface area contributed by atoms with Crippen molar-refractivity contribution in [2.75, 3.05) is 0 Å². The number of sulfonamides is 1. The van der Waals surface area contributed by atoms with E-state index in [4.69, 9.17) is 28.9 Å². The van der Waals surface area contributed by atoms with Crippen LogP contribution in [0, 0.1) is 0 Å². The average Bonchev–Trinajstić information content (AvgIpc) is 2.19. The lowest BCUT2D eigenvalue weighted by molar-refractivity contribution is 0.327. The molecule has 3 N–H and O–H groups in total. The summed E-state index contributed by atoms with van der Waals surface area (Å²) in [5.41, 5.74) is 5.60. The Hall–Kier alpha value is -0.330. The number of hydrogen-bond acceptors (Lipinski definition) is 3. The number of rotatable bonds is 3. The van der Waals surface area contributed by atoms with Gasteiger partial charge in [-0.05, 0) is 31.0 Å². The van der Waals surface area contributed by atoms with Crippen LogP contribution in [-0.2, 0) is 10.0 Å². The summed E-state index contributed by atoms with van der Waals surface area (Å²) in [5, 5.41) is 0.552. The predicted molar refractivity (Wildman–Crippen MR) is 67.8 cm³/mol. The molecule has 0 radical (unpaired) electrons. The van der Waals surface area contributed by atoms with E-state index in [0.29, 0.717) is 17.9 Å². The van der Waals surface area contributed by atoms with Crippen molar-refractivity contribution in [2.24, 2.45) is 5.73 Å². The Morgan fingerprint density at radius 1 is 1.24 bits per heavy atom. The van der Waals surface area contributed by atoms with Gasteiger partial charge in [-0.25, -0.2) is 13.1 Å². The Morgan fingerprint density at radius 3 is 2.41 bits per heavy atom. The molecule has 0 heterocycles. The van der Waals surface area contributed by atoms with Gasteiger partial charge in [-0.15, -0.1) is 0 Å². The Balaban J connectivity index is 2.17. The van der Waals surface area contributed by atoms with Gasteiger partial charge < -0.3 is 5.73 Å². The van der Waals surface area contributed by atoms with Crippen LogP contribution >= 0.6 is 23.2 Å². The molecule has 4 nitrogen and oxygen atoms in total. The van der Waals surface area contributed by atoms with Crippen molar-refractivity contribution in [2.45, 2.75) is 29.8 Å². The number of benzene rings is 1. The second-order valence-electron chi connectivity index (χ2n) is 4.13. The molecule has 7 heteroatoms. The van der Waals surface area contributed by atoms with Gasteiger partial charge in [0.25, 0.3) is 0 Å². The van der Waals surface area contributed by atoms with Crippen LogP contribution in [0.1, 0.15) is 12.8 Å². The third-order valence-electron chi connectivity index (χ3n) is 2.70. The highest BCUT2D eigenvalue weighted by Gasteiger charge is 2.30. The molecule has 0 unspecified atom stereocenters. The first-order chi connectivity index (χ1) is 7.88. The predicted octanol–water partition coefficient (Wildman–Crippen LogP) is 1.76.